The molecule has 9 heteroatoms. The average molecular weight is 518 g/mol. The fourth-order valence-corrected chi connectivity index (χ4v) is 5.94. The Bertz CT molecular complexity index is 1440. The number of carbonyl (C=O) groups excluding carboxylic acids is 3. The molecule has 0 saturated carbocycles. The number of methoxy groups -OCH3 is 1. The second kappa shape index (κ2) is 11.0. The van der Waals surface area contributed by atoms with Crippen molar-refractivity contribution in [2.24, 2.45) is 0 Å². The van der Waals surface area contributed by atoms with Crippen LogP contribution in [0.4, 0.5) is 5.00 Å². The van der Waals surface area contributed by atoms with Gasteiger partial charge < -0.3 is 19.8 Å². The highest BCUT2D eigenvalue weighted by Gasteiger charge is 2.26. The van der Waals surface area contributed by atoms with Gasteiger partial charge in [-0.05, 0) is 49.4 Å². The molecule has 37 heavy (non-hydrogen) atoms. The number of aryl methyl sites for hydroxylation is 1. The van der Waals surface area contributed by atoms with Crippen LogP contribution in [0.15, 0.2) is 48.5 Å². The lowest BCUT2D eigenvalue weighted by Gasteiger charge is -2.11. The fraction of sp³-hybridized carbons (Fsp3) is 0.286. The summed E-state index contributed by atoms with van der Waals surface area (Å²) in [5.41, 5.74) is 3.89. The van der Waals surface area contributed by atoms with Crippen molar-refractivity contribution in [3.05, 3.63) is 70.1 Å². The highest BCUT2D eigenvalue weighted by atomic mass is 32.1. The van der Waals surface area contributed by atoms with Crippen LogP contribution in [-0.2, 0) is 27.1 Å². The van der Waals surface area contributed by atoms with Crippen LogP contribution in [0.25, 0.3) is 22.4 Å². The molecule has 0 unspecified atom stereocenters. The van der Waals surface area contributed by atoms with Gasteiger partial charge in [-0.2, -0.15) is 0 Å². The number of hydrogen-bond acceptors (Lipinski definition) is 7. The van der Waals surface area contributed by atoms with Gasteiger partial charge in [0.1, 0.15) is 10.8 Å². The number of ether oxygens (including phenoxy) is 2. The van der Waals surface area contributed by atoms with Crippen LogP contribution in [0.2, 0.25) is 0 Å². The van der Waals surface area contributed by atoms with Gasteiger partial charge in [-0.3, -0.25) is 4.79 Å². The zero-order valence-electron chi connectivity index (χ0n) is 20.5. The minimum absolute atomic E-state index is 0.295. The van der Waals surface area contributed by atoms with Crippen molar-refractivity contribution in [1.82, 2.24) is 9.97 Å². The van der Waals surface area contributed by atoms with Crippen LogP contribution in [0, 0.1) is 0 Å². The summed E-state index contributed by atoms with van der Waals surface area (Å²) in [6.45, 7) is -0.490. The van der Waals surface area contributed by atoms with E-state index in [9.17, 15) is 14.4 Å². The summed E-state index contributed by atoms with van der Waals surface area (Å²) >= 11 is 1.40. The third-order valence-electron chi connectivity index (χ3n) is 6.44. The Labute approximate surface area is 218 Å². The Morgan fingerprint density at radius 3 is 2.54 bits per heavy atom. The molecule has 8 nitrogen and oxygen atoms in total. The third-order valence-corrected chi connectivity index (χ3v) is 7.65. The first-order valence-corrected chi connectivity index (χ1v) is 13.1. The first-order chi connectivity index (χ1) is 18.0. The molecule has 0 aliphatic heterocycles. The van der Waals surface area contributed by atoms with E-state index in [1.54, 1.807) is 18.2 Å². The Hall–Kier alpha value is -3.98. The van der Waals surface area contributed by atoms with E-state index in [0.29, 0.717) is 27.5 Å². The van der Waals surface area contributed by atoms with E-state index >= 15 is 0 Å². The number of aromatic amines is 1. The maximum atomic E-state index is 13.0. The van der Waals surface area contributed by atoms with E-state index in [1.165, 1.54) is 18.4 Å². The summed E-state index contributed by atoms with van der Waals surface area (Å²) < 4.78 is 10.4. The third kappa shape index (κ3) is 5.27. The van der Waals surface area contributed by atoms with Gasteiger partial charge in [0, 0.05) is 10.4 Å². The highest BCUT2D eigenvalue weighted by Crippen LogP contribution is 2.37. The van der Waals surface area contributed by atoms with E-state index in [4.69, 9.17) is 9.47 Å². The largest absolute Gasteiger partial charge is 0.465 e. The predicted octanol–water partition coefficient (Wildman–Crippen LogP) is 5.53. The number of thiophene rings is 1. The number of nitrogens with one attached hydrogen (secondary N) is 2. The predicted molar refractivity (Wildman–Crippen MR) is 142 cm³/mol. The molecule has 2 aromatic carbocycles. The second-order valence-corrected chi connectivity index (χ2v) is 9.99. The number of amides is 1. The molecule has 0 saturated heterocycles. The van der Waals surface area contributed by atoms with Crippen molar-refractivity contribution in [1.29, 1.82) is 0 Å². The molecule has 190 valence electrons. The second-order valence-electron chi connectivity index (χ2n) is 8.89. The van der Waals surface area contributed by atoms with E-state index in [-0.39, 0.29) is 0 Å². The lowest BCUT2D eigenvalue weighted by Crippen LogP contribution is -2.22. The van der Waals surface area contributed by atoms with Crippen molar-refractivity contribution in [2.75, 3.05) is 19.0 Å². The maximum absolute atomic E-state index is 13.0. The Balaban J connectivity index is 1.31. The van der Waals surface area contributed by atoms with Gasteiger partial charge in [0.05, 0.1) is 29.3 Å². The van der Waals surface area contributed by atoms with Gasteiger partial charge in [0.15, 0.2) is 6.61 Å². The molecule has 5 rings (SSSR count). The number of H-pyrrole nitrogens is 1. The summed E-state index contributed by atoms with van der Waals surface area (Å²) in [7, 11) is 1.34. The number of fused-ring (bicyclic) bond motifs is 2. The minimum Gasteiger partial charge on any atom is -0.465 e. The number of imidazole rings is 1. The molecule has 2 aromatic heterocycles. The number of rotatable bonds is 6. The fourth-order valence-electron chi connectivity index (χ4n) is 4.65. The number of benzene rings is 2. The van der Waals surface area contributed by atoms with Crippen LogP contribution in [0.3, 0.4) is 0 Å². The SMILES string of the molecule is COC(=O)c1c(NC(=O)COC(=O)c2ccccc2-c2nc3ccccc3[nH]2)sc2c1CCCCCC2. The van der Waals surface area contributed by atoms with E-state index in [1.807, 2.05) is 30.3 Å². The lowest BCUT2D eigenvalue weighted by molar-refractivity contribution is -0.119. The average Bonchev–Trinajstić information content (AvgIpc) is 3.48. The molecular weight excluding hydrogens is 490 g/mol. The minimum atomic E-state index is -0.641. The van der Waals surface area contributed by atoms with Gasteiger partial charge in [0.2, 0.25) is 0 Å². The van der Waals surface area contributed by atoms with Crippen LogP contribution in [0.5, 0.6) is 0 Å². The first kappa shape index (κ1) is 24.7. The molecule has 0 fully saturated rings. The number of para-hydroxylation sites is 2. The summed E-state index contributed by atoms with van der Waals surface area (Å²) in [6, 6.07) is 14.5. The van der Waals surface area contributed by atoms with Crippen molar-refractivity contribution in [3.8, 4) is 11.4 Å². The van der Waals surface area contributed by atoms with Gasteiger partial charge >= 0.3 is 11.9 Å². The number of aromatic nitrogens is 2. The number of carbonyl (C=O) groups is 3. The molecule has 1 amide bonds. The van der Waals surface area contributed by atoms with E-state index in [0.717, 1.165) is 60.0 Å². The molecule has 4 aromatic rings. The van der Waals surface area contributed by atoms with Crippen LogP contribution < -0.4 is 5.32 Å². The maximum Gasteiger partial charge on any atom is 0.341 e. The van der Waals surface area contributed by atoms with Gasteiger partial charge in [-0.1, -0.05) is 43.2 Å². The van der Waals surface area contributed by atoms with Crippen LogP contribution in [-0.4, -0.2) is 41.5 Å². The Kier molecular flexibility index (Phi) is 7.32. The molecule has 0 spiro atoms. The lowest BCUT2D eigenvalue weighted by atomic mass is 9.96. The summed E-state index contributed by atoms with van der Waals surface area (Å²) in [5, 5.41) is 3.22. The molecule has 0 radical (unpaired) electrons. The van der Waals surface area contributed by atoms with Crippen LogP contribution >= 0.6 is 11.3 Å². The quantitative estimate of drug-likeness (QED) is 0.325. The number of nitrogens with zero attached hydrogens (tertiary/aromatic N) is 1. The van der Waals surface area contributed by atoms with Crippen molar-refractivity contribution >= 4 is 45.2 Å². The summed E-state index contributed by atoms with van der Waals surface area (Å²) in [5.74, 6) is -1.09. The zero-order valence-corrected chi connectivity index (χ0v) is 21.3. The molecule has 1 aliphatic rings. The summed E-state index contributed by atoms with van der Waals surface area (Å²) in [4.78, 5) is 47.2. The first-order valence-electron chi connectivity index (χ1n) is 12.3. The van der Waals surface area contributed by atoms with Gasteiger partial charge in [-0.25, -0.2) is 14.6 Å². The van der Waals surface area contributed by atoms with Crippen molar-refractivity contribution < 1.29 is 23.9 Å². The zero-order chi connectivity index (χ0) is 25.8. The molecule has 2 N–H and O–H groups in total. The Morgan fingerprint density at radius 1 is 0.973 bits per heavy atom. The topological polar surface area (TPSA) is 110 Å². The van der Waals surface area contributed by atoms with Gasteiger partial charge in [0.25, 0.3) is 5.91 Å². The van der Waals surface area contributed by atoms with Gasteiger partial charge in [-0.15, -0.1) is 11.3 Å². The summed E-state index contributed by atoms with van der Waals surface area (Å²) in [6.07, 6.45) is 5.95. The van der Waals surface area contributed by atoms with E-state index < -0.39 is 24.5 Å². The van der Waals surface area contributed by atoms with Crippen molar-refractivity contribution in [3.63, 3.8) is 0 Å². The smallest absolute Gasteiger partial charge is 0.341 e. The number of esters is 2. The van der Waals surface area contributed by atoms with E-state index in [2.05, 4.69) is 15.3 Å². The van der Waals surface area contributed by atoms with Crippen LogP contribution in [0.1, 0.15) is 56.8 Å². The Morgan fingerprint density at radius 2 is 1.73 bits per heavy atom. The normalized spacial score (nSPS) is 13.3. The molecule has 0 bridgehead atoms. The standard InChI is InChI=1S/C28H27N3O5S/c1-35-28(34)24-19-12-4-2-3-5-15-22(19)37-26(24)31-23(32)16-36-27(33)18-11-7-6-10-17(18)25-29-20-13-8-9-14-21(20)30-25/h6-11,13-14H,2-5,12,15-16H2,1H3,(H,29,30)(H,31,32). The number of hydrogen-bond donors (Lipinski definition) is 2. The monoisotopic (exact) mass is 517 g/mol. The number of anilines is 1. The van der Waals surface area contributed by atoms with Crippen molar-refractivity contribution in [2.45, 2.75) is 38.5 Å². The molecule has 1 aliphatic carbocycles. The molecular formula is C28H27N3O5S. The molecule has 2 heterocycles. The highest BCUT2D eigenvalue weighted by molar-refractivity contribution is 7.17. The molecule has 0 atom stereocenters.